The Balaban J connectivity index is 2.32. The van der Waals surface area contributed by atoms with Gasteiger partial charge in [-0.2, -0.15) is 0 Å². The molecule has 118 valence electrons. The van der Waals surface area contributed by atoms with E-state index in [0.29, 0.717) is 12.5 Å². The summed E-state index contributed by atoms with van der Waals surface area (Å²) in [6.45, 7) is 4.53. The predicted octanol–water partition coefficient (Wildman–Crippen LogP) is 2.00. The zero-order valence-electron chi connectivity index (χ0n) is 13.5. The topological polar surface area (TPSA) is 54.9 Å². The van der Waals surface area contributed by atoms with Crippen LogP contribution in [-0.2, 0) is 4.74 Å². The molecule has 0 aliphatic carbocycles. The van der Waals surface area contributed by atoms with Crippen molar-refractivity contribution in [3.05, 3.63) is 29.8 Å². The number of methoxy groups -OCH3 is 2. The monoisotopic (exact) mass is 293 g/mol. The molecule has 1 atom stereocenters. The van der Waals surface area contributed by atoms with Crippen LogP contribution in [0.5, 0.6) is 5.75 Å². The molecule has 5 nitrogen and oxygen atoms in total. The third kappa shape index (κ3) is 6.49. The van der Waals surface area contributed by atoms with E-state index in [9.17, 15) is 0 Å². The highest BCUT2D eigenvalue weighted by Crippen LogP contribution is 2.21. The van der Waals surface area contributed by atoms with Gasteiger partial charge in [-0.3, -0.25) is 4.99 Å². The summed E-state index contributed by atoms with van der Waals surface area (Å²) in [4.78, 5) is 4.17. The lowest BCUT2D eigenvalue weighted by atomic mass is 9.98. The van der Waals surface area contributed by atoms with E-state index in [1.54, 1.807) is 21.3 Å². The minimum absolute atomic E-state index is 0.487. The van der Waals surface area contributed by atoms with Gasteiger partial charge in [-0.25, -0.2) is 0 Å². The van der Waals surface area contributed by atoms with Gasteiger partial charge >= 0.3 is 0 Å². The van der Waals surface area contributed by atoms with Crippen LogP contribution in [0.15, 0.2) is 29.3 Å². The Bertz CT molecular complexity index is 418. The summed E-state index contributed by atoms with van der Waals surface area (Å²) in [6.07, 6.45) is 1.04. The molecule has 0 saturated heterocycles. The first-order chi connectivity index (χ1) is 10.2. The van der Waals surface area contributed by atoms with E-state index in [1.807, 2.05) is 12.1 Å². The van der Waals surface area contributed by atoms with Gasteiger partial charge in [0.25, 0.3) is 0 Å². The molecule has 1 aromatic rings. The molecule has 0 heterocycles. The molecule has 0 aromatic heterocycles. The van der Waals surface area contributed by atoms with Gasteiger partial charge in [0.05, 0.1) is 13.7 Å². The van der Waals surface area contributed by atoms with E-state index in [1.165, 1.54) is 5.56 Å². The van der Waals surface area contributed by atoms with Crippen molar-refractivity contribution in [1.82, 2.24) is 10.6 Å². The molecule has 0 saturated carbocycles. The van der Waals surface area contributed by atoms with Crippen molar-refractivity contribution in [3.63, 3.8) is 0 Å². The normalized spacial score (nSPS) is 12.9. The van der Waals surface area contributed by atoms with E-state index in [4.69, 9.17) is 9.47 Å². The Morgan fingerprint density at radius 1 is 1.14 bits per heavy atom. The van der Waals surface area contributed by atoms with Crippen molar-refractivity contribution in [2.24, 2.45) is 4.99 Å². The van der Waals surface area contributed by atoms with Gasteiger partial charge in [-0.1, -0.05) is 19.1 Å². The summed E-state index contributed by atoms with van der Waals surface area (Å²) in [5.74, 6) is 2.20. The Morgan fingerprint density at radius 3 is 2.38 bits per heavy atom. The predicted molar refractivity (Wildman–Crippen MR) is 87.3 cm³/mol. The quantitative estimate of drug-likeness (QED) is 0.437. The van der Waals surface area contributed by atoms with Crippen molar-refractivity contribution in [1.29, 1.82) is 0 Å². The van der Waals surface area contributed by atoms with Crippen LogP contribution in [-0.4, -0.2) is 46.9 Å². The van der Waals surface area contributed by atoms with Gasteiger partial charge in [-0.15, -0.1) is 0 Å². The maximum absolute atomic E-state index is 5.18. The average molecular weight is 293 g/mol. The molecule has 5 heteroatoms. The highest BCUT2D eigenvalue weighted by Gasteiger charge is 2.06. The maximum atomic E-state index is 5.18. The molecule has 21 heavy (non-hydrogen) atoms. The number of ether oxygens (including phenoxy) is 2. The number of guanidine groups is 1. The summed E-state index contributed by atoms with van der Waals surface area (Å²) >= 11 is 0. The van der Waals surface area contributed by atoms with Crippen molar-refractivity contribution >= 4 is 5.96 Å². The molecule has 0 bridgehead atoms. The number of aliphatic imine (C=N–C) groups is 1. The van der Waals surface area contributed by atoms with Crippen LogP contribution in [0.2, 0.25) is 0 Å². The lowest BCUT2D eigenvalue weighted by molar-refractivity contribution is 0.203. The van der Waals surface area contributed by atoms with Gasteiger partial charge < -0.3 is 20.1 Å². The van der Waals surface area contributed by atoms with Gasteiger partial charge in [0, 0.05) is 27.2 Å². The second-order valence-corrected chi connectivity index (χ2v) is 4.88. The zero-order chi connectivity index (χ0) is 15.5. The van der Waals surface area contributed by atoms with Crippen molar-refractivity contribution in [2.75, 3.05) is 41.0 Å². The fraction of sp³-hybridized carbons (Fsp3) is 0.562. The van der Waals surface area contributed by atoms with Crippen LogP contribution >= 0.6 is 0 Å². The van der Waals surface area contributed by atoms with E-state index in [0.717, 1.165) is 31.2 Å². The summed E-state index contributed by atoms with van der Waals surface area (Å²) in [6, 6.07) is 8.25. The number of nitrogens with zero attached hydrogens (tertiary/aromatic N) is 1. The van der Waals surface area contributed by atoms with Crippen LogP contribution in [0, 0.1) is 0 Å². The van der Waals surface area contributed by atoms with Gasteiger partial charge in [-0.05, 0) is 30.0 Å². The summed E-state index contributed by atoms with van der Waals surface area (Å²) in [5, 5.41) is 6.51. The molecule has 0 fully saturated rings. The highest BCUT2D eigenvalue weighted by molar-refractivity contribution is 5.79. The molecule has 2 N–H and O–H groups in total. The molecule has 1 rings (SSSR count). The van der Waals surface area contributed by atoms with Crippen LogP contribution in [0.25, 0.3) is 0 Å². The molecular formula is C16H27N3O2. The smallest absolute Gasteiger partial charge is 0.191 e. The van der Waals surface area contributed by atoms with Crippen molar-refractivity contribution in [2.45, 2.75) is 19.3 Å². The summed E-state index contributed by atoms with van der Waals surface area (Å²) < 4.78 is 10.2. The Hall–Kier alpha value is -1.75. The number of hydrogen-bond acceptors (Lipinski definition) is 3. The molecule has 1 aromatic carbocycles. The Kier molecular flexibility index (Phi) is 8.28. The largest absolute Gasteiger partial charge is 0.497 e. The second kappa shape index (κ2) is 10.0. The number of benzene rings is 1. The average Bonchev–Trinajstić information content (AvgIpc) is 2.53. The van der Waals surface area contributed by atoms with Gasteiger partial charge in [0.15, 0.2) is 5.96 Å². The fourth-order valence-corrected chi connectivity index (χ4v) is 2.00. The zero-order valence-corrected chi connectivity index (χ0v) is 13.5. The van der Waals surface area contributed by atoms with Crippen molar-refractivity contribution < 1.29 is 9.47 Å². The van der Waals surface area contributed by atoms with Crippen molar-refractivity contribution in [3.8, 4) is 5.75 Å². The first-order valence-corrected chi connectivity index (χ1v) is 7.28. The van der Waals surface area contributed by atoms with Crippen LogP contribution in [0.4, 0.5) is 0 Å². The maximum Gasteiger partial charge on any atom is 0.191 e. The Morgan fingerprint density at radius 2 is 1.81 bits per heavy atom. The SMILES string of the molecule is CN=C(NCCOC)NCCC(C)c1ccc(OC)cc1. The molecule has 0 aliphatic rings. The summed E-state index contributed by atoms with van der Waals surface area (Å²) in [7, 11) is 5.15. The lowest BCUT2D eigenvalue weighted by Crippen LogP contribution is -2.39. The van der Waals surface area contributed by atoms with Gasteiger partial charge in [0.1, 0.15) is 5.75 Å². The standard InChI is InChI=1S/C16H27N3O2/c1-13(14-5-7-15(21-4)8-6-14)9-10-18-16(17-2)19-11-12-20-3/h5-8,13H,9-12H2,1-4H3,(H2,17,18,19). The third-order valence-electron chi connectivity index (χ3n) is 3.38. The molecule has 0 spiro atoms. The molecule has 0 radical (unpaired) electrons. The first kappa shape index (κ1) is 17.3. The number of hydrogen-bond donors (Lipinski definition) is 2. The molecule has 1 unspecified atom stereocenters. The highest BCUT2D eigenvalue weighted by atomic mass is 16.5. The van der Waals surface area contributed by atoms with Crippen LogP contribution in [0.3, 0.4) is 0 Å². The van der Waals surface area contributed by atoms with E-state index >= 15 is 0 Å². The molecular weight excluding hydrogens is 266 g/mol. The fourth-order valence-electron chi connectivity index (χ4n) is 2.00. The van der Waals surface area contributed by atoms with Crippen LogP contribution < -0.4 is 15.4 Å². The number of nitrogens with one attached hydrogen (secondary N) is 2. The second-order valence-electron chi connectivity index (χ2n) is 4.88. The van der Waals surface area contributed by atoms with E-state index in [-0.39, 0.29) is 0 Å². The van der Waals surface area contributed by atoms with Gasteiger partial charge in [0.2, 0.25) is 0 Å². The molecule has 0 aliphatic heterocycles. The number of rotatable bonds is 8. The lowest BCUT2D eigenvalue weighted by Gasteiger charge is -2.15. The summed E-state index contributed by atoms with van der Waals surface area (Å²) in [5.41, 5.74) is 1.32. The van der Waals surface area contributed by atoms with E-state index in [2.05, 4.69) is 34.7 Å². The minimum atomic E-state index is 0.487. The first-order valence-electron chi connectivity index (χ1n) is 7.28. The third-order valence-corrected chi connectivity index (χ3v) is 3.38. The van der Waals surface area contributed by atoms with E-state index < -0.39 is 0 Å². The van der Waals surface area contributed by atoms with Crippen LogP contribution in [0.1, 0.15) is 24.8 Å². The molecule has 0 amide bonds. The minimum Gasteiger partial charge on any atom is -0.497 e. The Labute approximate surface area is 127 Å².